The van der Waals surface area contributed by atoms with Crippen molar-refractivity contribution in [3.05, 3.63) is 0 Å². The standard InChI is InChI=1S/C4H6O6S.Mg.2H/c1-3(5)2-4(6)10-11(7,8)9;;;/h2H2,1H3,(H,7,8,9);;;/q;+2;2*-1. The summed E-state index contributed by atoms with van der Waals surface area (Å²) in [5.41, 5.74) is 0. The van der Waals surface area contributed by atoms with E-state index in [1.165, 1.54) is 0 Å². The molecule has 0 aliphatic rings. The molecular weight excluding hydrogens is 200 g/mol. The molecule has 8 heteroatoms. The molecular formula is C4H8MgO6S. The molecule has 68 valence electrons. The Labute approximate surface area is 88.3 Å². The smallest absolute Gasteiger partial charge is 1.00 e. The van der Waals surface area contributed by atoms with Crippen molar-refractivity contribution in [1.29, 1.82) is 0 Å². The summed E-state index contributed by atoms with van der Waals surface area (Å²) in [6.07, 6.45) is -0.667. The molecule has 0 radical (unpaired) electrons. The Morgan fingerprint density at radius 3 is 2.17 bits per heavy atom. The van der Waals surface area contributed by atoms with Gasteiger partial charge in [0.2, 0.25) is 0 Å². The van der Waals surface area contributed by atoms with Gasteiger partial charge in [0.25, 0.3) is 0 Å². The molecule has 0 unspecified atom stereocenters. The number of carbonyl (C=O) groups is 2. The first-order valence-corrected chi connectivity index (χ1v) is 3.87. The molecule has 0 rings (SSSR count). The Bertz CT molecular complexity index is 276. The normalized spacial score (nSPS) is 9.83. The molecule has 0 aromatic rings. The van der Waals surface area contributed by atoms with E-state index < -0.39 is 28.6 Å². The van der Waals surface area contributed by atoms with Gasteiger partial charge in [-0.1, -0.05) is 0 Å². The predicted octanol–water partition coefficient (Wildman–Crippen LogP) is -0.844. The molecule has 0 spiro atoms. The van der Waals surface area contributed by atoms with E-state index >= 15 is 0 Å². The monoisotopic (exact) mass is 208 g/mol. The maximum absolute atomic E-state index is 10.3. The van der Waals surface area contributed by atoms with Gasteiger partial charge in [-0.2, -0.15) is 8.42 Å². The van der Waals surface area contributed by atoms with Gasteiger partial charge in [0.05, 0.1) is 0 Å². The van der Waals surface area contributed by atoms with Gasteiger partial charge < -0.3 is 7.04 Å². The molecule has 0 aliphatic heterocycles. The Hall–Kier alpha value is -0.184. The van der Waals surface area contributed by atoms with Crippen LogP contribution in [0.5, 0.6) is 0 Å². The SMILES string of the molecule is CC(=O)CC(=O)OS(=O)(=O)O.[H-].[H-].[Mg+2]. The first kappa shape index (κ1) is 14.3. The van der Waals surface area contributed by atoms with E-state index in [9.17, 15) is 18.0 Å². The zero-order valence-electron chi connectivity index (χ0n) is 8.31. The molecule has 1 N–H and O–H groups in total. The second-order valence-electron chi connectivity index (χ2n) is 1.76. The summed E-state index contributed by atoms with van der Waals surface area (Å²) in [5, 5.41) is 0. The number of Topliss-reactive ketones (excluding diaryl/α,β-unsaturated/α-hetero) is 1. The minimum absolute atomic E-state index is 0. The molecule has 0 aromatic heterocycles. The van der Waals surface area contributed by atoms with Crippen molar-refractivity contribution in [1.82, 2.24) is 0 Å². The van der Waals surface area contributed by atoms with Gasteiger partial charge in [-0.25, -0.2) is 0 Å². The van der Waals surface area contributed by atoms with E-state index in [-0.39, 0.29) is 25.9 Å². The van der Waals surface area contributed by atoms with Crippen molar-refractivity contribution in [2.24, 2.45) is 0 Å². The first-order chi connectivity index (χ1) is 4.81. The Morgan fingerprint density at radius 2 is 1.92 bits per heavy atom. The number of hydrogen-bond acceptors (Lipinski definition) is 5. The fourth-order valence-electron chi connectivity index (χ4n) is 0.350. The second-order valence-corrected chi connectivity index (χ2v) is 2.78. The fraction of sp³-hybridized carbons (Fsp3) is 0.500. The summed E-state index contributed by atoms with van der Waals surface area (Å²) in [5.74, 6) is -1.83. The Balaban J connectivity index is -0.000000167. The minimum Gasteiger partial charge on any atom is -1.00 e. The fourth-order valence-corrected chi connectivity index (χ4v) is 0.644. The van der Waals surface area contributed by atoms with Gasteiger partial charge in [0.15, 0.2) is 0 Å². The van der Waals surface area contributed by atoms with Gasteiger partial charge in [-0.05, 0) is 6.92 Å². The Morgan fingerprint density at radius 1 is 1.50 bits per heavy atom. The van der Waals surface area contributed by atoms with Gasteiger partial charge in [-0.15, -0.1) is 0 Å². The quantitative estimate of drug-likeness (QED) is 0.369. The van der Waals surface area contributed by atoms with E-state index in [1.807, 2.05) is 0 Å². The number of rotatable bonds is 3. The van der Waals surface area contributed by atoms with Crippen LogP contribution in [0.1, 0.15) is 16.2 Å². The van der Waals surface area contributed by atoms with Gasteiger partial charge in [-0.3, -0.25) is 14.1 Å². The molecule has 0 fully saturated rings. The number of hydrogen-bond donors (Lipinski definition) is 1. The van der Waals surface area contributed by atoms with Crippen molar-refractivity contribution in [2.75, 3.05) is 0 Å². The van der Waals surface area contributed by atoms with Crippen LogP contribution < -0.4 is 0 Å². The molecule has 0 saturated heterocycles. The maximum Gasteiger partial charge on any atom is 2.00 e. The molecule has 0 aromatic carbocycles. The van der Waals surface area contributed by atoms with Crippen LogP contribution in [0.15, 0.2) is 0 Å². The molecule has 0 bridgehead atoms. The predicted molar refractivity (Wildman–Crippen MR) is 40.9 cm³/mol. The second kappa shape index (κ2) is 5.46. The molecule has 0 amide bonds. The van der Waals surface area contributed by atoms with Crippen LogP contribution >= 0.6 is 0 Å². The molecule has 0 heterocycles. The Kier molecular flexibility index (Phi) is 6.53. The van der Waals surface area contributed by atoms with E-state index in [0.717, 1.165) is 6.92 Å². The van der Waals surface area contributed by atoms with E-state index in [2.05, 4.69) is 4.18 Å². The first-order valence-electron chi connectivity index (χ1n) is 2.50. The van der Waals surface area contributed by atoms with Crippen LogP contribution in [0, 0.1) is 0 Å². The summed E-state index contributed by atoms with van der Waals surface area (Å²) in [4.78, 5) is 20.4. The third-order valence-electron chi connectivity index (χ3n) is 0.592. The van der Waals surface area contributed by atoms with Crippen LogP contribution in [-0.4, -0.2) is 47.8 Å². The average molecular weight is 208 g/mol. The zero-order chi connectivity index (χ0) is 9.07. The third kappa shape index (κ3) is 9.82. The van der Waals surface area contributed by atoms with Crippen LogP contribution in [0.25, 0.3) is 0 Å². The van der Waals surface area contributed by atoms with E-state index in [4.69, 9.17) is 4.55 Å². The zero-order valence-corrected chi connectivity index (χ0v) is 8.54. The molecule has 0 aliphatic carbocycles. The summed E-state index contributed by atoms with van der Waals surface area (Å²) in [6, 6.07) is 0. The summed E-state index contributed by atoms with van der Waals surface area (Å²) in [7, 11) is -4.77. The van der Waals surface area contributed by atoms with Crippen molar-refractivity contribution >= 4 is 45.2 Å². The summed E-state index contributed by atoms with van der Waals surface area (Å²) < 4.78 is 31.0. The minimum atomic E-state index is -4.77. The van der Waals surface area contributed by atoms with Crippen molar-refractivity contribution in [3.8, 4) is 0 Å². The third-order valence-corrected chi connectivity index (χ3v) is 0.988. The summed E-state index contributed by atoms with van der Waals surface area (Å²) in [6.45, 7) is 1.09. The van der Waals surface area contributed by atoms with Gasteiger partial charge >= 0.3 is 39.4 Å². The van der Waals surface area contributed by atoms with Gasteiger partial charge in [0, 0.05) is 0 Å². The van der Waals surface area contributed by atoms with Crippen molar-refractivity contribution in [3.63, 3.8) is 0 Å². The maximum atomic E-state index is 10.3. The van der Waals surface area contributed by atoms with Crippen molar-refractivity contribution < 1.29 is 29.6 Å². The molecule has 0 atom stereocenters. The summed E-state index contributed by atoms with van der Waals surface area (Å²) >= 11 is 0. The average Bonchev–Trinajstić information content (AvgIpc) is 1.53. The van der Waals surface area contributed by atoms with Crippen molar-refractivity contribution in [2.45, 2.75) is 13.3 Å². The molecule has 0 saturated carbocycles. The molecule has 6 nitrogen and oxygen atoms in total. The molecule has 12 heavy (non-hydrogen) atoms. The van der Waals surface area contributed by atoms with E-state index in [0.29, 0.717) is 0 Å². The van der Waals surface area contributed by atoms with Crippen LogP contribution in [0.3, 0.4) is 0 Å². The van der Waals surface area contributed by atoms with Crippen LogP contribution in [-0.2, 0) is 24.2 Å². The largest absolute Gasteiger partial charge is 2.00 e. The van der Waals surface area contributed by atoms with E-state index in [1.54, 1.807) is 0 Å². The number of ketones is 1. The van der Waals surface area contributed by atoms with Gasteiger partial charge in [0.1, 0.15) is 12.2 Å². The number of carbonyl (C=O) groups excluding carboxylic acids is 2. The topological polar surface area (TPSA) is 97.7 Å². The van der Waals surface area contributed by atoms with Crippen LogP contribution in [0.4, 0.5) is 0 Å². The van der Waals surface area contributed by atoms with Crippen LogP contribution in [0.2, 0.25) is 0 Å².